The Morgan fingerprint density at radius 3 is 2.70 bits per heavy atom. The van der Waals surface area contributed by atoms with E-state index in [4.69, 9.17) is 5.73 Å². The van der Waals surface area contributed by atoms with Crippen molar-refractivity contribution < 1.29 is 0 Å². The van der Waals surface area contributed by atoms with Crippen molar-refractivity contribution in [2.45, 2.75) is 32.4 Å². The number of aromatic nitrogens is 1. The maximum Gasteiger partial charge on any atom is 0.0798 e. The Bertz CT molecular complexity index is 509. The Morgan fingerprint density at radius 1 is 1.30 bits per heavy atom. The summed E-state index contributed by atoms with van der Waals surface area (Å²) < 4.78 is 0. The van der Waals surface area contributed by atoms with Gasteiger partial charge in [0.2, 0.25) is 0 Å². The van der Waals surface area contributed by atoms with E-state index < -0.39 is 0 Å². The smallest absolute Gasteiger partial charge is 0.0798 e. The van der Waals surface area contributed by atoms with E-state index in [-0.39, 0.29) is 6.04 Å². The maximum atomic E-state index is 6.24. The average molecular weight is 289 g/mol. The van der Waals surface area contributed by atoms with Gasteiger partial charge >= 0.3 is 0 Å². The molecule has 3 nitrogen and oxygen atoms in total. The molecule has 0 saturated carbocycles. The number of aryl methyl sites for hydroxylation is 2. The number of nitrogens with two attached hydrogens (primary N) is 1. The molecule has 1 aromatic heterocycles. The quantitative estimate of drug-likeness (QED) is 0.852. The van der Waals surface area contributed by atoms with E-state index in [1.54, 1.807) is 11.3 Å². The molecular weight excluding hydrogens is 266 g/mol. The van der Waals surface area contributed by atoms with Crippen LogP contribution in [0.2, 0.25) is 0 Å². The van der Waals surface area contributed by atoms with Gasteiger partial charge in [0.05, 0.1) is 11.2 Å². The molecule has 0 amide bonds. The number of rotatable bonds is 7. The van der Waals surface area contributed by atoms with E-state index in [2.05, 4.69) is 54.2 Å². The number of likely N-dealkylation sites (N-methyl/N-ethyl adjacent to an activating group) is 1. The van der Waals surface area contributed by atoms with Crippen LogP contribution in [0.15, 0.2) is 35.8 Å². The van der Waals surface area contributed by atoms with E-state index in [9.17, 15) is 0 Å². The van der Waals surface area contributed by atoms with Crippen molar-refractivity contribution in [3.05, 3.63) is 52.0 Å². The molecule has 0 aliphatic rings. The molecule has 0 saturated heterocycles. The van der Waals surface area contributed by atoms with Crippen molar-refractivity contribution >= 4 is 11.3 Å². The summed E-state index contributed by atoms with van der Waals surface area (Å²) >= 11 is 1.72. The number of benzene rings is 1. The van der Waals surface area contributed by atoms with Crippen LogP contribution in [0.3, 0.4) is 0 Å². The zero-order valence-electron chi connectivity index (χ0n) is 12.2. The fraction of sp³-hybridized carbons (Fsp3) is 0.438. The standard InChI is InChI=1S/C16H23N3S/c1-13-16(20-12-18-13)11-19(2)10-15(17)9-8-14-6-4-3-5-7-14/h3-7,12,15H,8-11,17H2,1-2H3. The Balaban J connectivity index is 1.74. The van der Waals surface area contributed by atoms with Crippen molar-refractivity contribution in [3.63, 3.8) is 0 Å². The second-order valence-electron chi connectivity index (χ2n) is 5.34. The van der Waals surface area contributed by atoms with E-state index in [1.165, 1.54) is 10.4 Å². The highest BCUT2D eigenvalue weighted by Gasteiger charge is 2.10. The van der Waals surface area contributed by atoms with Gasteiger partial charge in [0, 0.05) is 24.0 Å². The summed E-state index contributed by atoms with van der Waals surface area (Å²) in [6.45, 7) is 3.93. The van der Waals surface area contributed by atoms with Gasteiger partial charge in [-0.2, -0.15) is 0 Å². The molecule has 1 aromatic carbocycles. The van der Waals surface area contributed by atoms with Crippen LogP contribution in [0.5, 0.6) is 0 Å². The van der Waals surface area contributed by atoms with Crippen LogP contribution in [0.25, 0.3) is 0 Å². The molecule has 0 spiro atoms. The van der Waals surface area contributed by atoms with Crippen LogP contribution >= 0.6 is 11.3 Å². The Hall–Kier alpha value is -1.23. The maximum absolute atomic E-state index is 6.24. The molecule has 1 heterocycles. The first-order valence-electron chi connectivity index (χ1n) is 7.02. The first-order chi connectivity index (χ1) is 9.65. The molecule has 0 fully saturated rings. The van der Waals surface area contributed by atoms with Crippen LogP contribution < -0.4 is 5.73 Å². The van der Waals surface area contributed by atoms with Crippen molar-refractivity contribution in [3.8, 4) is 0 Å². The van der Waals surface area contributed by atoms with Gasteiger partial charge in [-0.1, -0.05) is 30.3 Å². The Kier molecular flexibility index (Phi) is 5.71. The van der Waals surface area contributed by atoms with Gasteiger partial charge in [-0.3, -0.25) is 4.90 Å². The second kappa shape index (κ2) is 7.53. The normalized spacial score (nSPS) is 12.8. The van der Waals surface area contributed by atoms with Crippen molar-refractivity contribution in [2.75, 3.05) is 13.6 Å². The first-order valence-corrected chi connectivity index (χ1v) is 7.90. The molecule has 1 atom stereocenters. The number of nitrogens with zero attached hydrogens (tertiary/aromatic N) is 2. The third kappa shape index (κ3) is 4.71. The highest BCUT2D eigenvalue weighted by Crippen LogP contribution is 2.14. The summed E-state index contributed by atoms with van der Waals surface area (Å²) in [5.74, 6) is 0. The number of hydrogen-bond donors (Lipinski definition) is 1. The monoisotopic (exact) mass is 289 g/mol. The predicted octanol–water partition coefficient (Wildman–Crippen LogP) is 2.84. The van der Waals surface area contributed by atoms with Crippen LogP contribution in [0.4, 0.5) is 0 Å². The molecule has 0 bridgehead atoms. The lowest BCUT2D eigenvalue weighted by Gasteiger charge is -2.21. The van der Waals surface area contributed by atoms with Crippen LogP contribution in [0.1, 0.15) is 22.6 Å². The lowest BCUT2D eigenvalue weighted by atomic mass is 10.1. The van der Waals surface area contributed by atoms with Crippen molar-refractivity contribution in [1.82, 2.24) is 9.88 Å². The molecule has 4 heteroatoms. The minimum Gasteiger partial charge on any atom is -0.327 e. The van der Waals surface area contributed by atoms with E-state index >= 15 is 0 Å². The highest BCUT2D eigenvalue weighted by atomic mass is 32.1. The van der Waals surface area contributed by atoms with Gasteiger partial charge in [0.1, 0.15) is 0 Å². The van der Waals surface area contributed by atoms with Gasteiger partial charge in [-0.15, -0.1) is 11.3 Å². The highest BCUT2D eigenvalue weighted by molar-refractivity contribution is 7.09. The van der Waals surface area contributed by atoms with Gasteiger partial charge in [0.25, 0.3) is 0 Å². The van der Waals surface area contributed by atoms with Crippen LogP contribution in [0, 0.1) is 6.92 Å². The summed E-state index contributed by atoms with van der Waals surface area (Å²) in [4.78, 5) is 7.91. The van der Waals surface area contributed by atoms with Gasteiger partial charge in [0.15, 0.2) is 0 Å². The molecule has 108 valence electrons. The predicted molar refractivity (Wildman–Crippen MR) is 85.9 cm³/mol. The van der Waals surface area contributed by atoms with Gasteiger partial charge in [-0.25, -0.2) is 4.98 Å². The summed E-state index contributed by atoms with van der Waals surface area (Å²) in [7, 11) is 2.13. The topological polar surface area (TPSA) is 42.2 Å². The van der Waals surface area contributed by atoms with Crippen molar-refractivity contribution in [2.24, 2.45) is 5.73 Å². The summed E-state index contributed by atoms with van der Waals surface area (Å²) in [6, 6.07) is 10.8. The Morgan fingerprint density at radius 2 is 2.05 bits per heavy atom. The fourth-order valence-electron chi connectivity index (χ4n) is 2.28. The lowest BCUT2D eigenvalue weighted by Crippen LogP contribution is -2.35. The molecule has 20 heavy (non-hydrogen) atoms. The molecule has 2 N–H and O–H groups in total. The first kappa shape index (κ1) is 15.2. The molecule has 0 radical (unpaired) electrons. The molecule has 1 unspecified atom stereocenters. The number of thiazole rings is 1. The summed E-state index contributed by atoms with van der Waals surface area (Å²) in [5, 5.41) is 0. The summed E-state index contributed by atoms with van der Waals surface area (Å²) in [5.41, 5.74) is 10.6. The van der Waals surface area contributed by atoms with E-state index in [1.807, 2.05) is 5.51 Å². The third-order valence-electron chi connectivity index (χ3n) is 3.45. The van der Waals surface area contributed by atoms with Gasteiger partial charge < -0.3 is 5.73 Å². The third-order valence-corrected chi connectivity index (χ3v) is 4.37. The van der Waals surface area contributed by atoms with Crippen LogP contribution in [-0.2, 0) is 13.0 Å². The molecular formula is C16H23N3S. The zero-order valence-corrected chi connectivity index (χ0v) is 13.1. The fourth-order valence-corrected chi connectivity index (χ4v) is 3.13. The zero-order chi connectivity index (χ0) is 14.4. The summed E-state index contributed by atoms with van der Waals surface area (Å²) in [6.07, 6.45) is 2.07. The molecule has 2 aromatic rings. The average Bonchev–Trinajstić information content (AvgIpc) is 2.83. The number of hydrogen-bond acceptors (Lipinski definition) is 4. The Labute approximate surface area is 125 Å². The second-order valence-corrected chi connectivity index (χ2v) is 6.28. The van der Waals surface area contributed by atoms with Gasteiger partial charge in [-0.05, 0) is 32.4 Å². The van der Waals surface area contributed by atoms with Crippen molar-refractivity contribution in [1.29, 1.82) is 0 Å². The minimum atomic E-state index is 0.216. The molecule has 0 aliphatic carbocycles. The van der Waals surface area contributed by atoms with E-state index in [0.29, 0.717) is 0 Å². The van der Waals surface area contributed by atoms with Crippen LogP contribution in [-0.4, -0.2) is 29.5 Å². The molecule has 0 aliphatic heterocycles. The minimum absolute atomic E-state index is 0.216. The SMILES string of the molecule is Cc1ncsc1CN(C)CC(N)CCc1ccccc1. The van der Waals surface area contributed by atoms with E-state index in [0.717, 1.165) is 31.6 Å². The molecule has 2 rings (SSSR count). The largest absolute Gasteiger partial charge is 0.327 e. The lowest BCUT2D eigenvalue weighted by molar-refractivity contribution is 0.299.